The third kappa shape index (κ3) is 4.79. The van der Waals surface area contributed by atoms with Crippen LogP contribution in [0, 0.1) is 11.3 Å². The van der Waals surface area contributed by atoms with E-state index in [9.17, 15) is 9.59 Å². The van der Waals surface area contributed by atoms with Crippen LogP contribution in [0.25, 0.3) is 0 Å². The molecular formula is C21H32N4O2. The highest BCUT2D eigenvalue weighted by Gasteiger charge is 2.38. The molecule has 3 heterocycles. The monoisotopic (exact) mass is 372 g/mol. The summed E-state index contributed by atoms with van der Waals surface area (Å²) in [6.07, 6.45) is 7.86. The van der Waals surface area contributed by atoms with E-state index in [0.29, 0.717) is 19.5 Å². The second-order valence-corrected chi connectivity index (χ2v) is 9.12. The van der Waals surface area contributed by atoms with E-state index in [-0.39, 0.29) is 29.2 Å². The van der Waals surface area contributed by atoms with Gasteiger partial charge in [0.15, 0.2) is 0 Å². The first-order valence-electron chi connectivity index (χ1n) is 10.0. The molecule has 0 spiro atoms. The predicted molar refractivity (Wildman–Crippen MR) is 105 cm³/mol. The quantitative estimate of drug-likeness (QED) is 0.807. The van der Waals surface area contributed by atoms with E-state index in [0.717, 1.165) is 31.4 Å². The van der Waals surface area contributed by atoms with E-state index < -0.39 is 0 Å². The summed E-state index contributed by atoms with van der Waals surface area (Å²) in [6, 6.07) is -0.0141. The Morgan fingerprint density at radius 1 is 1.33 bits per heavy atom. The Balaban J connectivity index is 1.68. The smallest absolute Gasteiger partial charge is 0.243 e. The molecule has 0 aliphatic carbocycles. The van der Waals surface area contributed by atoms with Crippen molar-refractivity contribution in [2.75, 3.05) is 13.1 Å². The molecule has 2 amide bonds. The third-order valence-electron chi connectivity index (χ3n) is 5.59. The van der Waals surface area contributed by atoms with Gasteiger partial charge in [-0.15, -0.1) is 0 Å². The molecule has 1 saturated heterocycles. The van der Waals surface area contributed by atoms with Gasteiger partial charge in [-0.3, -0.25) is 14.3 Å². The Morgan fingerprint density at radius 3 is 2.81 bits per heavy atom. The molecular weight excluding hydrogens is 340 g/mol. The molecule has 148 valence electrons. The van der Waals surface area contributed by atoms with Crippen molar-refractivity contribution in [1.82, 2.24) is 20.0 Å². The number of hydrogen-bond donors (Lipinski definition) is 1. The Hall–Kier alpha value is -2.11. The van der Waals surface area contributed by atoms with Crippen LogP contribution in [0.2, 0.25) is 0 Å². The van der Waals surface area contributed by atoms with Gasteiger partial charge in [0, 0.05) is 30.9 Å². The van der Waals surface area contributed by atoms with Crippen LogP contribution in [0.15, 0.2) is 18.9 Å². The highest BCUT2D eigenvalue weighted by molar-refractivity contribution is 5.87. The van der Waals surface area contributed by atoms with E-state index in [2.05, 4.69) is 37.8 Å². The number of amides is 2. The average Bonchev–Trinajstić information content (AvgIpc) is 3.18. The topological polar surface area (TPSA) is 67.2 Å². The second kappa shape index (κ2) is 7.87. The molecule has 2 aliphatic rings. The van der Waals surface area contributed by atoms with Crippen LogP contribution in [-0.4, -0.2) is 45.6 Å². The number of fused-ring (bicyclic) bond motifs is 1. The maximum atomic E-state index is 13.0. The molecule has 1 aromatic heterocycles. The van der Waals surface area contributed by atoms with Crippen LogP contribution in [0.5, 0.6) is 0 Å². The van der Waals surface area contributed by atoms with Crippen molar-refractivity contribution in [3.05, 3.63) is 30.1 Å². The van der Waals surface area contributed by atoms with Crippen LogP contribution in [0.1, 0.15) is 51.3 Å². The van der Waals surface area contributed by atoms with Crippen LogP contribution in [0.3, 0.4) is 0 Å². The lowest BCUT2D eigenvalue weighted by Crippen LogP contribution is -2.41. The van der Waals surface area contributed by atoms with E-state index in [1.165, 1.54) is 18.2 Å². The fourth-order valence-electron chi connectivity index (χ4n) is 4.38. The minimum Gasteiger partial charge on any atom is -0.348 e. The molecule has 1 fully saturated rings. The predicted octanol–water partition coefficient (Wildman–Crippen LogP) is 2.33. The highest BCUT2D eigenvalue weighted by atomic mass is 16.2. The summed E-state index contributed by atoms with van der Waals surface area (Å²) in [6.45, 7) is 12.4. The Bertz CT molecular complexity index is 716. The van der Waals surface area contributed by atoms with Crippen molar-refractivity contribution in [3.63, 3.8) is 0 Å². The first-order valence-corrected chi connectivity index (χ1v) is 10.0. The summed E-state index contributed by atoms with van der Waals surface area (Å²) < 4.78 is 2.05. The second-order valence-electron chi connectivity index (χ2n) is 9.12. The van der Waals surface area contributed by atoms with Gasteiger partial charge in [-0.25, -0.2) is 0 Å². The van der Waals surface area contributed by atoms with Gasteiger partial charge < -0.3 is 10.2 Å². The molecule has 2 aliphatic heterocycles. The fraction of sp³-hybridized carbons (Fsp3) is 0.667. The SMILES string of the molecule is C=CC(=O)N[C@@H]1CN(C(=O)Cc2cnn3c2CCCC3)C[C@H]1CC(C)(C)C. The van der Waals surface area contributed by atoms with E-state index in [1.807, 2.05) is 15.8 Å². The average molecular weight is 373 g/mol. The zero-order valence-corrected chi connectivity index (χ0v) is 16.8. The third-order valence-corrected chi connectivity index (χ3v) is 5.59. The summed E-state index contributed by atoms with van der Waals surface area (Å²) in [5.41, 5.74) is 2.42. The minimum atomic E-state index is -0.168. The van der Waals surface area contributed by atoms with Gasteiger partial charge in [-0.1, -0.05) is 27.4 Å². The van der Waals surface area contributed by atoms with Gasteiger partial charge >= 0.3 is 0 Å². The molecule has 0 bridgehead atoms. The largest absolute Gasteiger partial charge is 0.348 e. The first-order chi connectivity index (χ1) is 12.8. The zero-order valence-electron chi connectivity index (χ0n) is 16.8. The summed E-state index contributed by atoms with van der Waals surface area (Å²) in [4.78, 5) is 26.7. The van der Waals surface area contributed by atoms with Gasteiger partial charge in [-0.2, -0.15) is 5.10 Å². The van der Waals surface area contributed by atoms with E-state index in [1.54, 1.807) is 0 Å². The van der Waals surface area contributed by atoms with Crippen molar-refractivity contribution < 1.29 is 9.59 Å². The summed E-state index contributed by atoms with van der Waals surface area (Å²) in [5.74, 6) is 0.225. The number of rotatable bonds is 5. The molecule has 2 atom stereocenters. The van der Waals surface area contributed by atoms with Crippen LogP contribution < -0.4 is 5.32 Å². The summed E-state index contributed by atoms with van der Waals surface area (Å²) in [5, 5.41) is 7.47. The summed E-state index contributed by atoms with van der Waals surface area (Å²) in [7, 11) is 0. The zero-order chi connectivity index (χ0) is 19.6. The van der Waals surface area contributed by atoms with Gasteiger partial charge in [0.05, 0.1) is 18.7 Å². The van der Waals surface area contributed by atoms with Crippen LogP contribution in [0.4, 0.5) is 0 Å². The Kier molecular flexibility index (Phi) is 5.72. The normalized spacial score (nSPS) is 22.4. The number of aryl methyl sites for hydroxylation is 1. The van der Waals surface area contributed by atoms with Crippen LogP contribution in [-0.2, 0) is 29.0 Å². The van der Waals surface area contributed by atoms with Crippen molar-refractivity contribution in [1.29, 1.82) is 0 Å². The number of nitrogens with one attached hydrogen (secondary N) is 1. The van der Waals surface area contributed by atoms with E-state index in [4.69, 9.17) is 0 Å². The lowest BCUT2D eigenvalue weighted by Gasteiger charge is -2.26. The molecule has 27 heavy (non-hydrogen) atoms. The van der Waals surface area contributed by atoms with Crippen molar-refractivity contribution in [3.8, 4) is 0 Å². The van der Waals surface area contributed by atoms with Crippen molar-refractivity contribution in [2.45, 2.75) is 65.5 Å². The molecule has 1 N–H and O–H groups in total. The lowest BCUT2D eigenvalue weighted by molar-refractivity contribution is -0.129. The molecule has 0 unspecified atom stereocenters. The Morgan fingerprint density at radius 2 is 2.11 bits per heavy atom. The molecule has 6 nitrogen and oxygen atoms in total. The van der Waals surface area contributed by atoms with E-state index >= 15 is 0 Å². The Labute approximate surface area is 162 Å². The van der Waals surface area contributed by atoms with Gasteiger partial charge in [-0.05, 0) is 43.1 Å². The number of carbonyl (C=O) groups is 2. The maximum absolute atomic E-state index is 13.0. The fourth-order valence-corrected chi connectivity index (χ4v) is 4.38. The highest BCUT2D eigenvalue weighted by Crippen LogP contribution is 2.31. The number of likely N-dealkylation sites (tertiary alicyclic amines) is 1. The minimum absolute atomic E-state index is 0.0141. The maximum Gasteiger partial charge on any atom is 0.243 e. The molecule has 3 rings (SSSR count). The molecule has 6 heteroatoms. The molecule has 1 aromatic rings. The number of hydrogen-bond acceptors (Lipinski definition) is 3. The van der Waals surface area contributed by atoms with Crippen LogP contribution >= 0.6 is 0 Å². The molecule has 0 aromatic carbocycles. The first kappa shape index (κ1) is 19.6. The summed E-state index contributed by atoms with van der Waals surface area (Å²) >= 11 is 0. The van der Waals surface area contributed by atoms with Gasteiger partial charge in [0.1, 0.15) is 0 Å². The number of aromatic nitrogens is 2. The number of carbonyl (C=O) groups excluding carboxylic acids is 2. The number of nitrogens with zero attached hydrogens (tertiary/aromatic N) is 3. The molecule has 0 saturated carbocycles. The standard InChI is InChI=1S/C21H32N4O2/c1-5-19(26)23-17-14-24(13-16(17)11-21(2,3)4)20(27)10-15-12-22-25-9-7-6-8-18(15)25/h5,12,16-17H,1,6-11,13-14H2,2-4H3,(H,23,26)/t16-,17-/m1/s1. The van der Waals surface area contributed by atoms with Gasteiger partial charge in [0.25, 0.3) is 0 Å². The van der Waals surface area contributed by atoms with Crippen molar-refractivity contribution in [2.24, 2.45) is 11.3 Å². The van der Waals surface area contributed by atoms with Gasteiger partial charge in [0.2, 0.25) is 11.8 Å². The lowest BCUT2D eigenvalue weighted by atomic mass is 9.82. The van der Waals surface area contributed by atoms with Crippen molar-refractivity contribution >= 4 is 11.8 Å². The molecule has 0 radical (unpaired) electrons.